The molecule has 0 atom stereocenters. The molecule has 0 saturated heterocycles. The zero-order valence-corrected chi connectivity index (χ0v) is 12.3. The van der Waals surface area contributed by atoms with E-state index in [2.05, 4.69) is 27.7 Å². The quantitative estimate of drug-likeness (QED) is 0.380. The van der Waals surface area contributed by atoms with E-state index in [-0.39, 0.29) is 0 Å². The van der Waals surface area contributed by atoms with E-state index >= 15 is 0 Å². The lowest BCUT2D eigenvalue weighted by molar-refractivity contribution is 0.288. The third-order valence-electron chi connectivity index (χ3n) is 3.02. The molecule has 0 aliphatic carbocycles. The standard InChI is InChI=1S/C13H30OSi/c1-5-9-10-14-15(11-6-2,12-7-3)13-8-4/h5-13H2,1-4H3. The maximum Gasteiger partial charge on any atom is 0.192 e. The van der Waals surface area contributed by atoms with E-state index in [1.807, 2.05) is 0 Å². The molecule has 0 aromatic heterocycles. The first-order chi connectivity index (χ1) is 7.24. The zero-order chi connectivity index (χ0) is 11.6. The van der Waals surface area contributed by atoms with E-state index in [9.17, 15) is 0 Å². The summed E-state index contributed by atoms with van der Waals surface area (Å²) in [6, 6.07) is 4.12. The van der Waals surface area contributed by atoms with Crippen molar-refractivity contribution in [1.82, 2.24) is 0 Å². The van der Waals surface area contributed by atoms with Crippen LogP contribution in [-0.4, -0.2) is 14.9 Å². The average molecular weight is 230 g/mol. The fraction of sp³-hybridized carbons (Fsp3) is 1.00. The van der Waals surface area contributed by atoms with Gasteiger partial charge in [-0.25, -0.2) is 0 Å². The van der Waals surface area contributed by atoms with Crippen LogP contribution in [0.4, 0.5) is 0 Å². The molecular weight excluding hydrogens is 200 g/mol. The molecule has 0 bridgehead atoms. The molecule has 1 nitrogen and oxygen atoms in total. The maximum absolute atomic E-state index is 6.33. The highest BCUT2D eigenvalue weighted by molar-refractivity contribution is 6.73. The Morgan fingerprint density at radius 1 is 0.733 bits per heavy atom. The van der Waals surface area contributed by atoms with Gasteiger partial charge in [-0.3, -0.25) is 0 Å². The molecule has 0 N–H and O–H groups in total. The molecule has 0 unspecified atom stereocenters. The SMILES string of the molecule is CCCCO[Si](CCC)(CCC)CCC. The van der Waals surface area contributed by atoms with Crippen LogP contribution < -0.4 is 0 Å². The average Bonchev–Trinajstić information content (AvgIpc) is 2.19. The molecule has 0 fully saturated rings. The first kappa shape index (κ1) is 15.2. The van der Waals surface area contributed by atoms with Crippen LogP contribution in [0.2, 0.25) is 18.1 Å². The van der Waals surface area contributed by atoms with E-state index in [1.54, 1.807) is 0 Å². The van der Waals surface area contributed by atoms with Gasteiger partial charge in [-0.15, -0.1) is 0 Å². The Hall–Kier alpha value is 0.177. The van der Waals surface area contributed by atoms with Crippen LogP contribution in [0.3, 0.4) is 0 Å². The molecule has 0 aromatic rings. The Morgan fingerprint density at radius 3 is 1.53 bits per heavy atom. The highest BCUT2D eigenvalue weighted by atomic mass is 28.4. The van der Waals surface area contributed by atoms with Gasteiger partial charge in [0.25, 0.3) is 0 Å². The topological polar surface area (TPSA) is 9.23 Å². The van der Waals surface area contributed by atoms with E-state index in [0.29, 0.717) is 0 Å². The number of rotatable bonds is 10. The van der Waals surface area contributed by atoms with Crippen molar-refractivity contribution in [1.29, 1.82) is 0 Å². The minimum absolute atomic E-state index is 1.02. The normalized spacial score (nSPS) is 12.0. The van der Waals surface area contributed by atoms with Crippen LogP contribution in [0.1, 0.15) is 59.8 Å². The summed E-state index contributed by atoms with van der Waals surface area (Å²) in [5, 5.41) is 0. The van der Waals surface area contributed by atoms with Crippen molar-refractivity contribution in [2.45, 2.75) is 77.9 Å². The molecule has 92 valence electrons. The van der Waals surface area contributed by atoms with Crippen molar-refractivity contribution < 1.29 is 4.43 Å². The molecule has 15 heavy (non-hydrogen) atoms. The molecule has 0 rings (SSSR count). The summed E-state index contributed by atoms with van der Waals surface area (Å²) >= 11 is 0. The van der Waals surface area contributed by atoms with Crippen LogP contribution in [0.15, 0.2) is 0 Å². The monoisotopic (exact) mass is 230 g/mol. The van der Waals surface area contributed by atoms with Gasteiger partial charge in [0.1, 0.15) is 0 Å². The van der Waals surface area contributed by atoms with Gasteiger partial charge < -0.3 is 4.43 Å². The van der Waals surface area contributed by atoms with Gasteiger partial charge in [-0.1, -0.05) is 53.4 Å². The number of unbranched alkanes of at least 4 members (excludes halogenated alkanes) is 1. The summed E-state index contributed by atoms with van der Waals surface area (Å²) in [5.74, 6) is 0. The summed E-state index contributed by atoms with van der Waals surface area (Å²) in [4.78, 5) is 0. The van der Waals surface area contributed by atoms with Crippen molar-refractivity contribution in [3.05, 3.63) is 0 Å². The van der Waals surface area contributed by atoms with Crippen molar-refractivity contribution in [2.24, 2.45) is 0 Å². The lowest BCUT2D eigenvalue weighted by Gasteiger charge is -2.31. The summed E-state index contributed by atoms with van der Waals surface area (Å²) in [6.07, 6.45) is 6.41. The largest absolute Gasteiger partial charge is 0.417 e. The van der Waals surface area contributed by atoms with Gasteiger partial charge in [0.15, 0.2) is 8.32 Å². The highest BCUT2D eigenvalue weighted by Gasteiger charge is 2.31. The van der Waals surface area contributed by atoms with Crippen molar-refractivity contribution in [2.75, 3.05) is 6.61 Å². The molecule has 2 heteroatoms. The molecule has 0 aromatic carbocycles. The third-order valence-corrected chi connectivity index (χ3v) is 8.07. The zero-order valence-electron chi connectivity index (χ0n) is 11.3. The number of hydrogen-bond donors (Lipinski definition) is 0. The second-order valence-corrected chi connectivity index (χ2v) is 8.79. The molecule has 0 aliphatic rings. The molecule has 0 spiro atoms. The Kier molecular flexibility index (Phi) is 9.52. The first-order valence-corrected chi connectivity index (χ1v) is 9.41. The van der Waals surface area contributed by atoms with Crippen molar-refractivity contribution in [3.8, 4) is 0 Å². The highest BCUT2D eigenvalue weighted by Crippen LogP contribution is 2.27. The summed E-state index contributed by atoms with van der Waals surface area (Å²) in [6.45, 7) is 10.2. The van der Waals surface area contributed by atoms with E-state index < -0.39 is 8.32 Å². The Bertz CT molecular complexity index is 119. The van der Waals surface area contributed by atoms with Crippen molar-refractivity contribution in [3.63, 3.8) is 0 Å². The van der Waals surface area contributed by atoms with Gasteiger partial charge in [0, 0.05) is 6.61 Å². The van der Waals surface area contributed by atoms with Crippen molar-refractivity contribution >= 4 is 8.32 Å². The lowest BCUT2D eigenvalue weighted by atomic mass is 10.4. The number of hydrogen-bond acceptors (Lipinski definition) is 1. The van der Waals surface area contributed by atoms with Gasteiger partial charge in [0.05, 0.1) is 0 Å². The second kappa shape index (κ2) is 9.41. The van der Waals surface area contributed by atoms with Gasteiger partial charge in [-0.2, -0.15) is 0 Å². The predicted octanol–water partition coefficient (Wildman–Crippen LogP) is 4.98. The lowest BCUT2D eigenvalue weighted by Crippen LogP contribution is -2.38. The summed E-state index contributed by atoms with van der Waals surface area (Å²) in [5.41, 5.74) is 0. The molecular formula is C13H30OSi. The first-order valence-electron chi connectivity index (χ1n) is 6.88. The molecule has 0 saturated carbocycles. The van der Waals surface area contributed by atoms with Gasteiger partial charge >= 0.3 is 0 Å². The van der Waals surface area contributed by atoms with Gasteiger partial charge in [0.2, 0.25) is 0 Å². The van der Waals surface area contributed by atoms with Crippen LogP contribution in [-0.2, 0) is 4.43 Å². The fourth-order valence-corrected chi connectivity index (χ4v) is 6.89. The predicted molar refractivity (Wildman–Crippen MR) is 71.9 cm³/mol. The van der Waals surface area contributed by atoms with Crippen LogP contribution in [0.5, 0.6) is 0 Å². The molecule has 0 aliphatic heterocycles. The van der Waals surface area contributed by atoms with E-state index in [0.717, 1.165) is 6.61 Å². The molecule has 0 amide bonds. The minimum Gasteiger partial charge on any atom is -0.417 e. The Balaban J connectivity index is 4.18. The summed E-state index contributed by atoms with van der Waals surface area (Å²) in [7, 11) is -1.33. The Labute approximate surface area is 97.7 Å². The van der Waals surface area contributed by atoms with Gasteiger partial charge in [-0.05, 0) is 24.6 Å². The van der Waals surface area contributed by atoms with E-state index in [4.69, 9.17) is 4.43 Å². The maximum atomic E-state index is 6.33. The van der Waals surface area contributed by atoms with Crippen LogP contribution >= 0.6 is 0 Å². The third kappa shape index (κ3) is 6.36. The smallest absolute Gasteiger partial charge is 0.192 e. The molecule has 0 heterocycles. The van der Waals surface area contributed by atoms with E-state index in [1.165, 1.54) is 50.2 Å². The van der Waals surface area contributed by atoms with Crippen LogP contribution in [0, 0.1) is 0 Å². The minimum atomic E-state index is -1.33. The Morgan fingerprint density at radius 2 is 1.20 bits per heavy atom. The molecule has 0 radical (unpaired) electrons. The second-order valence-electron chi connectivity index (χ2n) is 4.64. The summed E-state index contributed by atoms with van der Waals surface area (Å²) < 4.78 is 6.33. The van der Waals surface area contributed by atoms with Crippen LogP contribution in [0.25, 0.3) is 0 Å². The fourth-order valence-electron chi connectivity index (χ4n) is 2.39.